The van der Waals surface area contributed by atoms with E-state index in [-0.39, 0.29) is 12.8 Å². The summed E-state index contributed by atoms with van der Waals surface area (Å²) in [6, 6.07) is 0. The van der Waals surface area contributed by atoms with Crippen molar-refractivity contribution in [2.75, 3.05) is 0 Å². The third kappa shape index (κ3) is 8.01. The summed E-state index contributed by atoms with van der Waals surface area (Å²) in [5.74, 6) is -1.24. The van der Waals surface area contributed by atoms with Crippen LogP contribution in [0.2, 0.25) is 0 Å². The van der Waals surface area contributed by atoms with Crippen LogP contribution in [0.5, 0.6) is 0 Å². The highest BCUT2D eigenvalue weighted by atomic mass is 31.2. The van der Waals surface area contributed by atoms with Crippen LogP contribution in [-0.2, 0) is 18.3 Å². The van der Waals surface area contributed by atoms with E-state index in [1.54, 1.807) is 0 Å². The highest BCUT2D eigenvalue weighted by Crippen LogP contribution is 2.64. The van der Waals surface area contributed by atoms with Crippen molar-refractivity contribution in [2.45, 2.75) is 37.0 Å². The van der Waals surface area contributed by atoms with Crippen LogP contribution in [0.1, 0.15) is 26.2 Å². The van der Waals surface area contributed by atoms with Crippen LogP contribution in [0, 0.1) is 5.92 Å². The fourth-order valence-electron chi connectivity index (χ4n) is 2.16. The summed E-state index contributed by atoms with van der Waals surface area (Å²) in [5.41, 5.74) is 0. The normalized spacial score (nSPS) is 16.1. The summed E-state index contributed by atoms with van der Waals surface area (Å²) in [6.45, 7) is 1.12. The summed E-state index contributed by atoms with van der Waals surface area (Å²) in [7, 11) is -20.5. The molecule has 0 saturated heterocycles. The number of hydrogen-bond acceptors (Lipinski definition) is 4. The lowest BCUT2D eigenvalue weighted by molar-refractivity contribution is 0.309. The Kier molecular flexibility index (Phi) is 8.08. The maximum absolute atomic E-state index is 11.2. The smallest absolute Gasteiger partial charge is 0.324 e. The third-order valence-electron chi connectivity index (χ3n) is 3.10. The second-order valence-corrected chi connectivity index (χ2v) is 13.0. The molecular formula is C7H20O12P4. The van der Waals surface area contributed by atoms with Crippen LogP contribution in [0.3, 0.4) is 0 Å². The summed E-state index contributed by atoms with van der Waals surface area (Å²) in [6.07, 6.45) is -1.29. The Morgan fingerprint density at radius 3 is 1.26 bits per heavy atom. The van der Waals surface area contributed by atoms with Crippen LogP contribution < -0.4 is 0 Å². The van der Waals surface area contributed by atoms with Crippen molar-refractivity contribution in [3.63, 3.8) is 0 Å². The van der Waals surface area contributed by atoms with Crippen molar-refractivity contribution in [3.8, 4) is 0 Å². The largest absolute Gasteiger partial charge is 0.340 e. The lowest BCUT2D eigenvalue weighted by Crippen LogP contribution is -2.19. The molecule has 1 atom stereocenters. The first-order chi connectivity index (χ1) is 9.88. The van der Waals surface area contributed by atoms with Crippen molar-refractivity contribution in [1.29, 1.82) is 0 Å². The van der Waals surface area contributed by atoms with E-state index in [0.717, 1.165) is 6.92 Å². The second-order valence-electron chi connectivity index (χ2n) is 5.16. The molecule has 12 nitrogen and oxygen atoms in total. The zero-order valence-electron chi connectivity index (χ0n) is 11.9. The van der Waals surface area contributed by atoms with Crippen LogP contribution in [0.4, 0.5) is 0 Å². The zero-order chi connectivity index (χ0) is 18.9. The van der Waals surface area contributed by atoms with Crippen molar-refractivity contribution >= 4 is 30.4 Å². The molecular weight excluding hydrogens is 400 g/mol. The number of rotatable bonds is 9. The topological polar surface area (TPSA) is 230 Å². The van der Waals surface area contributed by atoms with E-state index in [0.29, 0.717) is 0 Å². The molecule has 0 aromatic rings. The molecule has 1 unspecified atom stereocenters. The first kappa shape index (κ1) is 23.6. The van der Waals surface area contributed by atoms with Gasteiger partial charge < -0.3 is 39.1 Å². The first-order valence-corrected chi connectivity index (χ1v) is 12.8. The number of hydrogen-bond donors (Lipinski definition) is 8. The first-order valence-electron chi connectivity index (χ1n) is 6.09. The zero-order valence-corrected chi connectivity index (χ0v) is 15.4. The molecule has 0 amide bonds. The lowest BCUT2D eigenvalue weighted by Gasteiger charge is -2.26. The minimum absolute atomic E-state index is 0.307. The van der Waals surface area contributed by atoms with Gasteiger partial charge in [0, 0.05) is 0 Å². The van der Waals surface area contributed by atoms with E-state index in [9.17, 15) is 18.3 Å². The molecule has 16 heteroatoms. The molecule has 0 bridgehead atoms. The SMILES string of the molecule is CC(CCCC(P(=O)(O)O)P(=O)(O)O)C(P(=O)(O)O)P(=O)(O)O. The fraction of sp³-hybridized carbons (Fsp3) is 1.00. The van der Waals surface area contributed by atoms with E-state index in [1.165, 1.54) is 0 Å². The van der Waals surface area contributed by atoms with Gasteiger partial charge >= 0.3 is 30.4 Å². The van der Waals surface area contributed by atoms with E-state index in [2.05, 4.69) is 0 Å². The van der Waals surface area contributed by atoms with E-state index < -0.39 is 53.5 Å². The average Bonchev–Trinajstić information content (AvgIpc) is 2.15. The van der Waals surface area contributed by atoms with Gasteiger partial charge in [0.05, 0.1) is 0 Å². The molecule has 0 aromatic heterocycles. The molecule has 140 valence electrons. The Morgan fingerprint density at radius 2 is 1.00 bits per heavy atom. The minimum Gasteiger partial charge on any atom is -0.324 e. The maximum atomic E-state index is 11.2. The van der Waals surface area contributed by atoms with Crippen molar-refractivity contribution in [1.82, 2.24) is 0 Å². The van der Waals surface area contributed by atoms with Gasteiger partial charge in [0.1, 0.15) is 0 Å². The summed E-state index contributed by atoms with van der Waals surface area (Å²) >= 11 is 0. The Labute approximate surface area is 131 Å². The molecule has 0 aromatic carbocycles. The molecule has 0 aliphatic heterocycles. The van der Waals surface area contributed by atoms with Crippen LogP contribution in [-0.4, -0.2) is 49.9 Å². The maximum Gasteiger partial charge on any atom is 0.340 e. The molecule has 8 N–H and O–H groups in total. The minimum atomic E-state index is -5.15. The van der Waals surface area contributed by atoms with Crippen LogP contribution in [0.15, 0.2) is 0 Å². The van der Waals surface area contributed by atoms with Gasteiger partial charge in [-0.3, -0.25) is 18.3 Å². The molecule has 0 spiro atoms. The molecule has 0 rings (SSSR count). The van der Waals surface area contributed by atoms with Gasteiger partial charge in [-0.25, -0.2) is 0 Å². The highest BCUT2D eigenvalue weighted by molar-refractivity contribution is 7.71. The van der Waals surface area contributed by atoms with Gasteiger partial charge in [0.2, 0.25) is 0 Å². The quantitative estimate of drug-likeness (QED) is 0.233. The standard InChI is InChI=1S/C7H20O12P4/c1-5(7(22(14,15)16)23(17,18)19)3-2-4-6(20(8,9)10)21(11,12)13/h5-7H,2-4H2,1H3,(H2,8,9,10)(H2,11,12,13)(H2,14,15,16)(H2,17,18,19). The molecule has 0 aliphatic carbocycles. The summed E-state index contributed by atoms with van der Waals surface area (Å²) in [4.78, 5) is 71.7. The Morgan fingerprint density at radius 1 is 0.652 bits per heavy atom. The van der Waals surface area contributed by atoms with Crippen molar-refractivity contribution in [3.05, 3.63) is 0 Å². The Balaban J connectivity index is 5.04. The van der Waals surface area contributed by atoms with Crippen molar-refractivity contribution in [2.24, 2.45) is 5.92 Å². The molecule has 23 heavy (non-hydrogen) atoms. The highest BCUT2D eigenvalue weighted by Gasteiger charge is 2.47. The molecule has 0 aliphatic rings. The van der Waals surface area contributed by atoms with Crippen LogP contribution >= 0.6 is 30.4 Å². The van der Waals surface area contributed by atoms with Gasteiger partial charge in [-0.05, 0) is 18.8 Å². The second kappa shape index (κ2) is 7.87. The van der Waals surface area contributed by atoms with E-state index in [1.807, 2.05) is 0 Å². The fourth-order valence-corrected chi connectivity index (χ4v) is 7.96. The van der Waals surface area contributed by atoms with Crippen molar-refractivity contribution < 1.29 is 57.4 Å². The summed E-state index contributed by atoms with van der Waals surface area (Å²) < 4.78 is 44.5. The van der Waals surface area contributed by atoms with E-state index in [4.69, 9.17) is 39.1 Å². The Bertz CT molecular complexity index is 534. The van der Waals surface area contributed by atoms with Gasteiger partial charge in [-0.2, -0.15) is 0 Å². The average molecular weight is 420 g/mol. The van der Waals surface area contributed by atoms with Crippen LogP contribution in [0.25, 0.3) is 0 Å². The Hall–Kier alpha value is 0.600. The molecule has 0 fully saturated rings. The molecule has 0 heterocycles. The van der Waals surface area contributed by atoms with Gasteiger partial charge in [-0.1, -0.05) is 13.3 Å². The predicted molar refractivity (Wildman–Crippen MR) is 78.8 cm³/mol. The lowest BCUT2D eigenvalue weighted by atomic mass is 10.1. The van der Waals surface area contributed by atoms with Gasteiger partial charge in [0.15, 0.2) is 10.8 Å². The van der Waals surface area contributed by atoms with Gasteiger partial charge in [0.25, 0.3) is 0 Å². The monoisotopic (exact) mass is 420 g/mol. The van der Waals surface area contributed by atoms with E-state index >= 15 is 0 Å². The van der Waals surface area contributed by atoms with Gasteiger partial charge in [-0.15, -0.1) is 0 Å². The molecule has 0 radical (unpaired) electrons. The summed E-state index contributed by atoms with van der Waals surface area (Å²) in [5, 5.41) is -4.57. The third-order valence-corrected chi connectivity index (χ3v) is 11.2. The predicted octanol–water partition coefficient (Wildman–Crippen LogP) is 0.156. The molecule has 0 saturated carbocycles.